The molecule has 6 aromatic rings. The number of fused-ring (bicyclic) bond motifs is 10. The molecule has 8 heterocycles. The quantitative estimate of drug-likeness (QED) is 0.160. The molecule has 0 fully saturated rings. The fourth-order valence-electron chi connectivity index (χ4n) is 9.24. The highest BCUT2D eigenvalue weighted by atomic mass is 35.5. The summed E-state index contributed by atoms with van der Waals surface area (Å²) in [6, 6.07) is 30.9. The van der Waals surface area contributed by atoms with Crippen molar-refractivity contribution in [2.24, 2.45) is 0 Å². The fourth-order valence-corrected chi connectivity index (χ4v) is 12.0. The zero-order chi connectivity index (χ0) is 41.7. The van der Waals surface area contributed by atoms with Crippen molar-refractivity contribution in [3.63, 3.8) is 0 Å². The molecule has 6 aliphatic rings. The summed E-state index contributed by atoms with van der Waals surface area (Å²) in [5, 5.41) is 0. The van der Waals surface area contributed by atoms with Crippen LogP contribution in [0.2, 0.25) is 4.34 Å². The minimum Gasteiger partial charge on any atom is -0.491 e. The number of hydrogen-bond donors (Lipinski definition) is 0. The number of thiophene rings is 2. The van der Waals surface area contributed by atoms with Gasteiger partial charge < -0.3 is 38.2 Å². The van der Waals surface area contributed by atoms with E-state index in [0.717, 1.165) is 79.3 Å². The van der Waals surface area contributed by atoms with E-state index in [0.29, 0.717) is 53.4 Å². The summed E-state index contributed by atoms with van der Waals surface area (Å²) in [5.74, 6) is 4.23. The van der Waals surface area contributed by atoms with Gasteiger partial charge in [0.25, 0.3) is 0 Å². The summed E-state index contributed by atoms with van der Waals surface area (Å²) in [7, 11) is 0. The zero-order valence-corrected chi connectivity index (χ0v) is 35.9. The molecule has 61 heavy (non-hydrogen) atoms. The monoisotopic (exact) mass is 916 g/mol. The van der Waals surface area contributed by atoms with Crippen molar-refractivity contribution in [1.82, 2.24) is 9.80 Å². The molecule has 6 aliphatic heterocycles. The van der Waals surface area contributed by atoms with Crippen molar-refractivity contribution in [2.75, 3.05) is 26.8 Å². The maximum atomic E-state index is 13.1. The van der Waals surface area contributed by atoms with Gasteiger partial charge in [-0.25, -0.2) is 0 Å². The van der Waals surface area contributed by atoms with Crippen molar-refractivity contribution in [3.05, 3.63) is 149 Å². The zero-order valence-electron chi connectivity index (χ0n) is 31.9. The van der Waals surface area contributed by atoms with Crippen LogP contribution in [0.3, 0.4) is 0 Å². The summed E-state index contributed by atoms with van der Waals surface area (Å²) in [4.78, 5) is 6.95. The molecule has 2 atom stereocenters. The van der Waals surface area contributed by atoms with E-state index >= 15 is 0 Å². The standard InChI is InChI=1S/C23H16F3NO3S2.C22H16ClNO3S2/c24-23(25,26)20-6-5-14(32-20)10-27-9-13-3-1-2-4-15(13)22(21(27)31)11-28-17-8-19-18(7-16(17)22)29-12-30-19;23-20-6-5-14(29-20)10-24-9-13-3-1-2-4-15(13)22(21(24)28)11-25-17-8-19-18(7-16(17)22)26-12-27-19/h1-8H,9-12H2;1-8H,9-12H2. The Morgan fingerprint density at radius 3 is 1.48 bits per heavy atom. The van der Waals surface area contributed by atoms with Crippen LogP contribution in [0.4, 0.5) is 13.2 Å². The smallest absolute Gasteiger partial charge is 0.425 e. The van der Waals surface area contributed by atoms with Gasteiger partial charge in [-0.05, 0) is 58.7 Å². The molecule has 8 nitrogen and oxygen atoms in total. The van der Waals surface area contributed by atoms with Gasteiger partial charge in [-0.15, -0.1) is 22.7 Å². The van der Waals surface area contributed by atoms with Crippen molar-refractivity contribution < 1.29 is 41.6 Å². The van der Waals surface area contributed by atoms with Crippen LogP contribution in [-0.4, -0.2) is 46.6 Å². The van der Waals surface area contributed by atoms with E-state index in [9.17, 15) is 13.2 Å². The van der Waals surface area contributed by atoms with E-state index in [2.05, 4.69) is 41.3 Å². The van der Waals surface area contributed by atoms with Gasteiger partial charge in [0.2, 0.25) is 13.6 Å². The third kappa shape index (κ3) is 6.25. The van der Waals surface area contributed by atoms with Crippen LogP contribution in [-0.2, 0) is 43.2 Å². The number of rotatable bonds is 4. The van der Waals surface area contributed by atoms with E-state index in [1.54, 1.807) is 11.3 Å². The van der Waals surface area contributed by atoms with E-state index in [1.165, 1.54) is 22.1 Å². The van der Waals surface area contributed by atoms with Crippen molar-refractivity contribution in [1.29, 1.82) is 0 Å². The lowest BCUT2D eigenvalue weighted by Gasteiger charge is -2.43. The average molecular weight is 917 g/mol. The number of halogens is 4. The van der Waals surface area contributed by atoms with E-state index < -0.39 is 21.9 Å². The second-order valence-corrected chi connectivity index (χ2v) is 19.1. The number of alkyl halides is 3. The highest BCUT2D eigenvalue weighted by molar-refractivity contribution is 7.80. The minimum absolute atomic E-state index is 0.151. The highest BCUT2D eigenvalue weighted by Gasteiger charge is 2.53. The van der Waals surface area contributed by atoms with Gasteiger partial charge in [0.15, 0.2) is 23.0 Å². The Balaban J connectivity index is 0.000000138. The first kappa shape index (κ1) is 38.8. The molecule has 0 amide bonds. The molecule has 12 rings (SSSR count). The predicted molar refractivity (Wildman–Crippen MR) is 233 cm³/mol. The summed E-state index contributed by atoms with van der Waals surface area (Å²) >= 11 is 20.7. The summed E-state index contributed by atoms with van der Waals surface area (Å²) in [6.07, 6.45) is -4.35. The topological polar surface area (TPSA) is 61.9 Å². The van der Waals surface area contributed by atoms with Gasteiger partial charge in [0, 0.05) is 46.1 Å². The summed E-state index contributed by atoms with van der Waals surface area (Å²) in [6.45, 7) is 3.50. The molecule has 0 radical (unpaired) electrons. The predicted octanol–water partition coefficient (Wildman–Crippen LogP) is 10.7. The molecule has 0 saturated carbocycles. The van der Waals surface area contributed by atoms with Crippen LogP contribution in [0, 0.1) is 0 Å². The Morgan fingerprint density at radius 2 is 1.02 bits per heavy atom. The first-order valence-corrected chi connectivity index (χ1v) is 22.1. The molecule has 0 N–H and O–H groups in total. The molecule has 310 valence electrons. The summed E-state index contributed by atoms with van der Waals surface area (Å²) in [5.41, 5.74) is 5.32. The fraction of sp³-hybridized carbons (Fsp3) is 0.244. The average Bonchev–Trinajstić information content (AvgIpc) is 4.12. The van der Waals surface area contributed by atoms with Gasteiger partial charge in [-0.3, -0.25) is 0 Å². The van der Waals surface area contributed by atoms with E-state index in [1.807, 2.05) is 53.4 Å². The Morgan fingerprint density at radius 1 is 0.557 bits per heavy atom. The van der Waals surface area contributed by atoms with Crippen molar-refractivity contribution >= 4 is 68.7 Å². The highest BCUT2D eigenvalue weighted by Crippen LogP contribution is 2.55. The van der Waals surface area contributed by atoms with Crippen LogP contribution < -0.4 is 28.4 Å². The van der Waals surface area contributed by atoms with Crippen LogP contribution >= 0.6 is 58.7 Å². The van der Waals surface area contributed by atoms with Gasteiger partial charge >= 0.3 is 6.18 Å². The number of nitrogens with zero attached hydrogens (tertiary/aromatic N) is 2. The number of thiocarbonyl (C=S) groups is 2. The largest absolute Gasteiger partial charge is 0.491 e. The molecule has 0 bridgehead atoms. The molecule has 0 saturated heterocycles. The minimum atomic E-state index is -4.35. The number of ether oxygens (including phenoxy) is 6. The molecule has 16 heteroatoms. The summed E-state index contributed by atoms with van der Waals surface area (Å²) < 4.78 is 74.7. The Kier molecular flexibility index (Phi) is 9.24. The first-order chi connectivity index (χ1) is 29.5. The van der Waals surface area contributed by atoms with E-state index in [4.69, 9.17) is 64.5 Å². The molecule has 0 aliphatic carbocycles. The van der Waals surface area contributed by atoms with Gasteiger partial charge in [-0.1, -0.05) is 84.6 Å². The molecule has 2 aromatic heterocycles. The number of benzene rings is 4. The Labute approximate surface area is 371 Å². The lowest BCUT2D eigenvalue weighted by molar-refractivity contribution is -0.134. The Bertz CT molecular complexity index is 2790. The maximum Gasteiger partial charge on any atom is 0.425 e. The lowest BCUT2D eigenvalue weighted by atomic mass is 9.71. The normalized spacial score (nSPS) is 21.1. The van der Waals surface area contributed by atoms with Crippen molar-refractivity contribution in [2.45, 2.75) is 43.2 Å². The van der Waals surface area contributed by atoms with Crippen LogP contribution in [0.1, 0.15) is 48.0 Å². The SMILES string of the molecule is FC(F)(F)c1ccc(CN2Cc3ccccc3C3(COc4cc5c(cc43)OCO5)C2=S)s1.S=C1N(Cc2ccc(Cl)s2)Cc2ccccc2C12COc1cc3c(cc12)OCO3. The van der Waals surface area contributed by atoms with E-state index in [-0.39, 0.29) is 13.6 Å². The van der Waals surface area contributed by atoms with Crippen LogP contribution in [0.25, 0.3) is 0 Å². The Hall–Kier alpha value is -5.06. The second kappa shape index (κ2) is 14.5. The molecular formula is C45H32ClF3N2O6S4. The lowest BCUT2D eigenvalue weighted by Crippen LogP contribution is -2.51. The maximum absolute atomic E-state index is 13.1. The molecule has 4 aromatic carbocycles. The first-order valence-electron chi connectivity index (χ1n) is 19.3. The third-order valence-corrected chi connectivity index (χ3v) is 15.5. The van der Waals surface area contributed by atoms with Gasteiger partial charge in [-0.2, -0.15) is 13.2 Å². The van der Waals surface area contributed by atoms with Crippen LogP contribution in [0.15, 0.2) is 97.1 Å². The number of hydrogen-bond acceptors (Lipinski definition) is 10. The van der Waals surface area contributed by atoms with Gasteiger partial charge in [0.05, 0.1) is 27.4 Å². The van der Waals surface area contributed by atoms with Crippen LogP contribution in [0.5, 0.6) is 34.5 Å². The van der Waals surface area contributed by atoms with Gasteiger partial charge in [0.1, 0.15) is 40.4 Å². The molecule has 2 unspecified atom stereocenters. The second-order valence-electron chi connectivity index (χ2n) is 15.4. The molecular weight excluding hydrogens is 885 g/mol. The third-order valence-electron chi connectivity index (χ3n) is 12.0. The van der Waals surface area contributed by atoms with Crippen molar-refractivity contribution in [3.8, 4) is 34.5 Å². The molecule has 2 spiro atoms.